The molecule has 1 aliphatic rings. The van der Waals surface area contributed by atoms with Gasteiger partial charge in [0.05, 0.1) is 16.8 Å². The molecule has 3 aromatic heterocycles. The van der Waals surface area contributed by atoms with Gasteiger partial charge in [-0.15, -0.1) is 0 Å². The summed E-state index contributed by atoms with van der Waals surface area (Å²) < 4.78 is 38.5. The predicted octanol–water partition coefficient (Wildman–Crippen LogP) is 3.63. The number of aryl methyl sites for hydroxylation is 1. The van der Waals surface area contributed by atoms with Crippen molar-refractivity contribution in [3.05, 3.63) is 54.2 Å². The molecule has 0 saturated carbocycles. The van der Waals surface area contributed by atoms with Gasteiger partial charge in [-0.2, -0.15) is 13.2 Å². The maximum atomic E-state index is 13.4. The number of carbonyl (C=O) groups excluding carboxylic acids is 1. The highest BCUT2D eigenvalue weighted by atomic mass is 19.4. The number of nitrogens with two attached hydrogens (primary N) is 1. The van der Waals surface area contributed by atoms with Gasteiger partial charge in [0, 0.05) is 30.9 Å². The lowest BCUT2D eigenvalue weighted by Crippen LogP contribution is -2.36. The van der Waals surface area contributed by atoms with Gasteiger partial charge < -0.3 is 26.0 Å². The number of alkyl halides is 3. The number of benzene rings is 2. The number of hydrogen-bond acceptors (Lipinski definition) is 9. The molecule has 42 heavy (non-hydrogen) atoms. The van der Waals surface area contributed by atoms with Crippen LogP contribution in [0.3, 0.4) is 0 Å². The number of nitrogen functional groups attached to an aromatic ring is 1. The van der Waals surface area contributed by atoms with Gasteiger partial charge >= 0.3 is 12.1 Å². The summed E-state index contributed by atoms with van der Waals surface area (Å²) in [5.74, 6) is -2.33. The maximum Gasteiger partial charge on any atom is 0.490 e. The van der Waals surface area contributed by atoms with Crippen LogP contribution in [0.1, 0.15) is 23.7 Å². The molecule has 1 saturated heterocycles. The third-order valence-corrected chi connectivity index (χ3v) is 6.74. The topological polar surface area (TPSA) is 174 Å². The monoisotopic (exact) mass is 582 g/mol. The van der Waals surface area contributed by atoms with Crippen molar-refractivity contribution in [2.24, 2.45) is 0 Å². The van der Waals surface area contributed by atoms with Crippen LogP contribution < -0.4 is 16.4 Å². The number of nitrogens with zero attached hydrogens (tertiary/aromatic N) is 5. The van der Waals surface area contributed by atoms with Crippen LogP contribution in [0.25, 0.3) is 44.6 Å². The first-order valence-electron chi connectivity index (χ1n) is 12.9. The number of halogens is 3. The predicted molar refractivity (Wildman–Crippen MR) is 146 cm³/mol. The zero-order valence-electron chi connectivity index (χ0n) is 22.1. The van der Waals surface area contributed by atoms with Crippen LogP contribution in [0.4, 0.5) is 19.0 Å². The lowest BCUT2D eigenvalue weighted by molar-refractivity contribution is -0.192. The van der Waals surface area contributed by atoms with E-state index in [0.29, 0.717) is 40.4 Å². The SMILES string of the molecule is CCn1c(-c2nonc2N)nc2c(-c3cccc4ccccc34)ncc(C(=O)NC3CCNC3)c21.O=C(O)C(F)(F)F. The fourth-order valence-electron chi connectivity index (χ4n) is 4.82. The summed E-state index contributed by atoms with van der Waals surface area (Å²) in [6.07, 6.45) is -2.56. The normalized spacial score (nSPS) is 15.0. The van der Waals surface area contributed by atoms with E-state index in [1.807, 2.05) is 35.8 Å². The highest BCUT2D eigenvalue weighted by molar-refractivity contribution is 6.10. The molecule has 1 atom stereocenters. The Hall–Kier alpha value is -5.05. The Morgan fingerprint density at radius 2 is 1.90 bits per heavy atom. The number of rotatable bonds is 5. The number of amides is 1. The number of carbonyl (C=O) groups is 2. The van der Waals surface area contributed by atoms with Gasteiger partial charge in [-0.1, -0.05) is 42.5 Å². The number of aliphatic carboxylic acids is 1. The quantitative estimate of drug-likeness (QED) is 0.240. The number of fused-ring (bicyclic) bond motifs is 2. The van der Waals surface area contributed by atoms with Crippen molar-refractivity contribution >= 4 is 39.5 Å². The molecule has 1 amide bonds. The summed E-state index contributed by atoms with van der Waals surface area (Å²) in [6.45, 7) is 4.14. The van der Waals surface area contributed by atoms with Crippen LogP contribution >= 0.6 is 0 Å². The number of anilines is 1. The van der Waals surface area contributed by atoms with Crippen molar-refractivity contribution in [2.45, 2.75) is 32.1 Å². The van der Waals surface area contributed by atoms with E-state index in [1.165, 1.54) is 0 Å². The van der Waals surface area contributed by atoms with Crippen molar-refractivity contribution in [2.75, 3.05) is 18.8 Å². The molecule has 218 valence electrons. The Balaban J connectivity index is 0.000000451. The molecule has 0 radical (unpaired) electrons. The van der Waals surface area contributed by atoms with Crippen LogP contribution in [-0.2, 0) is 11.3 Å². The summed E-state index contributed by atoms with van der Waals surface area (Å²) in [7, 11) is 0. The van der Waals surface area contributed by atoms with Crippen LogP contribution in [-0.4, -0.2) is 67.1 Å². The molecule has 15 heteroatoms. The summed E-state index contributed by atoms with van der Waals surface area (Å²) >= 11 is 0. The lowest BCUT2D eigenvalue weighted by Gasteiger charge is -2.14. The Morgan fingerprint density at radius 3 is 2.55 bits per heavy atom. The molecule has 4 heterocycles. The van der Waals surface area contributed by atoms with E-state index < -0.39 is 12.1 Å². The standard InChI is InChI=1S/C25H24N8O2.C2HF3O2/c1-2-33-22-18(25(34)29-15-10-11-27-12-15)13-28-19(17-9-5-7-14-6-3-4-8-16(14)17)20(22)30-24(33)21-23(26)32-35-31-21;3-2(4,5)1(6)7/h3-9,13,15,27H,2,10-12H2,1H3,(H2,26,32)(H,29,34);(H,6,7). The second-order valence-corrected chi connectivity index (χ2v) is 9.39. The van der Waals surface area contributed by atoms with Crippen LogP contribution in [0.2, 0.25) is 0 Å². The minimum Gasteiger partial charge on any atom is -0.475 e. The van der Waals surface area contributed by atoms with E-state index in [-0.39, 0.29) is 17.8 Å². The van der Waals surface area contributed by atoms with Crippen molar-refractivity contribution in [3.8, 4) is 22.8 Å². The first-order chi connectivity index (χ1) is 20.1. The van der Waals surface area contributed by atoms with Gasteiger partial charge in [-0.05, 0) is 41.0 Å². The lowest BCUT2D eigenvalue weighted by atomic mass is 10.0. The Morgan fingerprint density at radius 1 is 1.17 bits per heavy atom. The summed E-state index contributed by atoms with van der Waals surface area (Å²) in [5, 5.41) is 23.4. The molecule has 5 aromatic rings. The first-order valence-corrected chi connectivity index (χ1v) is 12.9. The third kappa shape index (κ3) is 5.45. The molecule has 1 unspecified atom stereocenters. The molecule has 0 spiro atoms. The molecule has 0 bridgehead atoms. The van der Waals surface area contributed by atoms with Gasteiger partial charge in [0.1, 0.15) is 5.52 Å². The molecule has 2 aromatic carbocycles. The smallest absolute Gasteiger partial charge is 0.475 e. The number of nitrogens with one attached hydrogen (secondary N) is 2. The van der Waals surface area contributed by atoms with Crippen LogP contribution in [0.5, 0.6) is 0 Å². The zero-order chi connectivity index (χ0) is 30.0. The van der Waals surface area contributed by atoms with Crippen molar-refractivity contribution < 1.29 is 32.5 Å². The molecule has 5 N–H and O–H groups in total. The maximum absolute atomic E-state index is 13.4. The van der Waals surface area contributed by atoms with Crippen molar-refractivity contribution in [1.29, 1.82) is 0 Å². The highest BCUT2D eigenvalue weighted by Gasteiger charge is 2.38. The molecule has 1 fully saturated rings. The van der Waals surface area contributed by atoms with E-state index >= 15 is 0 Å². The van der Waals surface area contributed by atoms with E-state index in [0.717, 1.165) is 35.8 Å². The van der Waals surface area contributed by atoms with E-state index in [2.05, 4.69) is 39.1 Å². The number of carboxylic acids is 1. The second kappa shape index (κ2) is 11.4. The number of carboxylic acid groups (broad SMARTS) is 1. The van der Waals surface area contributed by atoms with Gasteiger partial charge in [-0.3, -0.25) is 9.78 Å². The average Bonchev–Trinajstić information content (AvgIpc) is 3.72. The van der Waals surface area contributed by atoms with Crippen LogP contribution in [0.15, 0.2) is 53.3 Å². The number of aromatic nitrogens is 5. The number of pyridine rings is 1. The highest BCUT2D eigenvalue weighted by Crippen LogP contribution is 2.36. The van der Waals surface area contributed by atoms with E-state index in [4.69, 9.17) is 30.2 Å². The average molecular weight is 583 g/mol. The van der Waals surface area contributed by atoms with Crippen molar-refractivity contribution in [1.82, 2.24) is 35.5 Å². The summed E-state index contributed by atoms with van der Waals surface area (Å²) in [5.41, 5.74) is 9.68. The van der Waals surface area contributed by atoms with Gasteiger partial charge in [0.15, 0.2) is 17.3 Å². The Kier molecular flexibility index (Phi) is 7.76. The largest absolute Gasteiger partial charge is 0.490 e. The molecule has 1 aliphatic heterocycles. The van der Waals surface area contributed by atoms with Crippen LogP contribution in [0, 0.1) is 0 Å². The summed E-state index contributed by atoms with van der Waals surface area (Å²) in [4.78, 5) is 32.0. The van der Waals surface area contributed by atoms with E-state index in [9.17, 15) is 18.0 Å². The molecular weight excluding hydrogens is 557 g/mol. The minimum absolute atomic E-state index is 0.0724. The van der Waals surface area contributed by atoms with Gasteiger partial charge in [0.25, 0.3) is 5.91 Å². The number of hydrogen-bond donors (Lipinski definition) is 4. The van der Waals surface area contributed by atoms with Gasteiger partial charge in [0.2, 0.25) is 0 Å². The Bertz CT molecular complexity index is 1770. The fourth-order valence-corrected chi connectivity index (χ4v) is 4.82. The Labute approximate surface area is 235 Å². The summed E-state index contributed by atoms with van der Waals surface area (Å²) in [6, 6.07) is 14.3. The minimum atomic E-state index is -5.08. The molecule has 6 rings (SSSR count). The second-order valence-electron chi connectivity index (χ2n) is 9.39. The zero-order valence-corrected chi connectivity index (χ0v) is 22.1. The fraction of sp³-hybridized carbons (Fsp3) is 0.259. The molecular formula is C27H25F3N8O4. The first kappa shape index (κ1) is 28.5. The molecule has 12 nitrogen and oxygen atoms in total. The third-order valence-electron chi connectivity index (χ3n) is 6.74. The number of imidazole rings is 1. The van der Waals surface area contributed by atoms with Crippen molar-refractivity contribution in [3.63, 3.8) is 0 Å². The van der Waals surface area contributed by atoms with Gasteiger partial charge in [-0.25, -0.2) is 14.4 Å². The van der Waals surface area contributed by atoms with E-state index in [1.54, 1.807) is 6.20 Å². The molecule has 0 aliphatic carbocycles.